The van der Waals surface area contributed by atoms with Gasteiger partial charge >= 0.3 is 6.03 Å². The van der Waals surface area contributed by atoms with E-state index in [-0.39, 0.29) is 29.4 Å². The van der Waals surface area contributed by atoms with Gasteiger partial charge in [-0.15, -0.1) is 0 Å². The Kier molecular flexibility index (Phi) is 6.34. The van der Waals surface area contributed by atoms with E-state index in [2.05, 4.69) is 5.32 Å². The van der Waals surface area contributed by atoms with Crippen molar-refractivity contribution < 1.29 is 18.7 Å². The van der Waals surface area contributed by atoms with Gasteiger partial charge in [-0.2, -0.15) is 0 Å². The molecule has 1 aliphatic carbocycles. The Bertz CT molecular complexity index is 1210. The first-order valence-corrected chi connectivity index (χ1v) is 11.5. The topological polar surface area (TPSA) is 52.6 Å². The van der Waals surface area contributed by atoms with Gasteiger partial charge in [-0.1, -0.05) is 45.0 Å². The molecular weight excluding hydrogens is 434 g/mol. The minimum atomic E-state index is -0.776. The second-order valence-corrected chi connectivity index (χ2v) is 10.0. The number of aryl methyl sites for hydroxylation is 1. The summed E-state index contributed by atoms with van der Waals surface area (Å²) in [6, 6.07) is 14.1. The molecule has 0 aromatic heterocycles. The Morgan fingerprint density at radius 2 is 1.71 bits per heavy atom. The van der Waals surface area contributed by atoms with Gasteiger partial charge in [-0.05, 0) is 77.3 Å². The standard InChI is InChI=1S/C28H30F2N2O2/c1-17-11-26(33)23(28(2,3)4)14-20(17)16-31-27(34)32(25-10-9-21(29)15-24(25)30)22-12-18-7-5-6-8-19(18)13-22/h5-11,14-15,22,33H,12-13,16H2,1-4H3,(H,31,34). The highest BCUT2D eigenvalue weighted by Gasteiger charge is 2.32. The molecule has 0 heterocycles. The van der Waals surface area contributed by atoms with Gasteiger partial charge in [0, 0.05) is 18.7 Å². The molecule has 0 unspecified atom stereocenters. The molecule has 3 aromatic carbocycles. The minimum Gasteiger partial charge on any atom is -0.508 e. The smallest absolute Gasteiger partial charge is 0.322 e. The van der Waals surface area contributed by atoms with Gasteiger partial charge < -0.3 is 10.4 Å². The van der Waals surface area contributed by atoms with E-state index in [4.69, 9.17) is 0 Å². The SMILES string of the molecule is Cc1cc(O)c(C(C)(C)C)cc1CNC(=O)N(c1ccc(F)cc1F)C1Cc2ccccc2C1. The Morgan fingerprint density at radius 1 is 1.06 bits per heavy atom. The van der Waals surface area contributed by atoms with E-state index in [9.17, 15) is 18.7 Å². The Hall–Kier alpha value is -3.41. The first-order valence-electron chi connectivity index (χ1n) is 11.5. The van der Waals surface area contributed by atoms with E-state index in [0.717, 1.165) is 33.9 Å². The lowest BCUT2D eigenvalue weighted by Crippen LogP contribution is -2.47. The summed E-state index contributed by atoms with van der Waals surface area (Å²) in [5.41, 5.74) is 4.53. The van der Waals surface area contributed by atoms with Crippen molar-refractivity contribution in [2.75, 3.05) is 4.90 Å². The van der Waals surface area contributed by atoms with E-state index in [0.29, 0.717) is 12.8 Å². The molecule has 6 heteroatoms. The zero-order valence-corrected chi connectivity index (χ0v) is 20.0. The fourth-order valence-corrected chi connectivity index (χ4v) is 4.65. The first-order chi connectivity index (χ1) is 16.0. The van der Waals surface area contributed by atoms with Crippen molar-refractivity contribution in [1.29, 1.82) is 0 Å². The van der Waals surface area contributed by atoms with Crippen molar-refractivity contribution in [1.82, 2.24) is 5.32 Å². The Balaban J connectivity index is 1.62. The van der Waals surface area contributed by atoms with Crippen LogP contribution in [0, 0.1) is 18.6 Å². The van der Waals surface area contributed by atoms with Crippen molar-refractivity contribution in [2.45, 2.75) is 58.5 Å². The highest BCUT2D eigenvalue weighted by Crippen LogP contribution is 2.34. The van der Waals surface area contributed by atoms with Crippen LogP contribution in [-0.4, -0.2) is 17.2 Å². The molecule has 0 radical (unpaired) electrons. The second kappa shape index (κ2) is 9.09. The molecule has 0 saturated carbocycles. The number of anilines is 1. The second-order valence-electron chi connectivity index (χ2n) is 10.0. The van der Waals surface area contributed by atoms with E-state index < -0.39 is 17.7 Å². The third-order valence-corrected chi connectivity index (χ3v) is 6.48. The van der Waals surface area contributed by atoms with Crippen molar-refractivity contribution in [3.63, 3.8) is 0 Å². The number of fused-ring (bicyclic) bond motifs is 1. The quantitative estimate of drug-likeness (QED) is 0.486. The summed E-state index contributed by atoms with van der Waals surface area (Å²) in [5, 5.41) is 13.3. The van der Waals surface area contributed by atoms with Crippen LogP contribution in [0.5, 0.6) is 5.75 Å². The number of phenols is 1. The number of carbonyl (C=O) groups is 1. The monoisotopic (exact) mass is 464 g/mol. The highest BCUT2D eigenvalue weighted by atomic mass is 19.1. The number of urea groups is 1. The molecule has 3 aromatic rings. The number of hydrogen-bond acceptors (Lipinski definition) is 2. The number of nitrogens with zero attached hydrogens (tertiary/aromatic N) is 1. The van der Waals surface area contributed by atoms with E-state index in [1.807, 2.05) is 58.0 Å². The molecule has 4 nitrogen and oxygen atoms in total. The van der Waals surface area contributed by atoms with Crippen molar-refractivity contribution in [3.05, 3.63) is 94.0 Å². The van der Waals surface area contributed by atoms with E-state index in [1.54, 1.807) is 6.07 Å². The number of amides is 2. The summed E-state index contributed by atoms with van der Waals surface area (Å²) >= 11 is 0. The fraction of sp³-hybridized carbons (Fsp3) is 0.321. The molecule has 0 saturated heterocycles. The van der Waals surface area contributed by atoms with Crippen molar-refractivity contribution in [2.24, 2.45) is 0 Å². The maximum atomic E-state index is 14.8. The highest BCUT2D eigenvalue weighted by molar-refractivity contribution is 5.93. The zero-order chi connectivity index (χ0) is 24.6. The fourth-order valence-electron chi connectivity index (χ4n) is 4.65. The van der Waals surface area contributed by atoms with Gasteiger partial charge in [0.2, 0.25) is 0 Å². The molecule has 0 atom stereocenters. The molecule has 1 aliphatic rings. The summed E-state index contributed by atoms with van der Waals surface area (Å²) in [6.45, 7) is 8.12. The number of nitrogens with one attached hydrogen (secondary N) is 1. The van der Waals surface area contributed by atoms with Crippen LogP contribution in [0.1, 0.15) is 48.6 Å². The summed E-state index contributed by atoms with van der Waals surface area (Å²) in [5.74, 6) is -1.24. The van der Waals surface area contributed by atoms with Gasteiger partial charge in [0.1, 0.15) is 17.4 Å². The van der Waals surface area contributed by atoms with Crippen molar-refractivity contribution >= 4 is 11.7 Å². The predicted molar refractivity (Wildman–Crippen MR) is 130 cm³/mol. The van der Waals surface area contributed by atoms with Crippen LogP contribution in [0.2, 0.25) is 0 Å². The molecule has 2 N–H and O–H groups in total. The van der Waals surface area contributed by atoms with Gasteiger partial charge in [0.05, 0.1) is 5.69 Å². The number of hydrogen-bond donors (Lipinski definition) is 2. The van der Waals surface area contributed by atoms with Gasteiger partial charge in [0.15, 0.2) is 0 Å². The molecule has 0 aliphatic heterocycles. The summed E-state index contributed by atoms with van der Waals surface area (Å²) in [7, 11) is 0. The largest absolute Gasteiger partial charge is 0.508 e. The normalized spacial score (nSPS) is 13.6. The number of phenolic OH excluding ortho intramolecular Hbond substituents is 1. The number of aromatic hydroxyl groups is 1. The lowest BCUT2D eigenvalue weighted by Gasteiger charge is -2.30. The van der Waals surface area contributed by atoms with Crippen LogP contribution in [0.15, 0.2) is 54.6 Å². The predicted octanol–water partition coefficient (Wildman–Crippen LogP) is 6.16. The molecular formula is C28H30F2N2O2. The lowest BCUT2D eigenvalue weighted by atomic mass is 9.84. The summed E-state index contributed by atoms with van der Waals surface area (Å²) in [6.07, 6.45) is 1.18. The molecule has 4 rings (SSSR count). The van der Waals surface area contributed by atoms with Crippen LogP contribution >= 0.6 is 0 Å². The maximum absolute atomic E-state index is 14.8. The van der Waals surface area contributed by atoms with Crippen LogP contribution < -0.4 is 10.2 Å². The maximum Gasteiger partial charge on any atom is 0.322 e. The third-order valence-electron chi connectivity index (χ3n) is 6.48. The van der Waals surface area contributed by atoms with Gasteiger partial charge in [0.25, 0.3) is 0 Å². The first kappa shape index (κ1) is 23.7. The van der Waals surface area contributed by atoms with Crippen LogP contribution in [-0.2, 0) is 24.8 Å². The van der Waals surface area contributed by atoms with Crippen LogP contribution in [0.3, 0.4) is 0 Å². The average molecular weight is 465 g/mol. The molecule has 178 valence electrons. The van der Waals surface area contributed by atoms with Gasteiger partial charge in [-0.25, -0.2) is 13.6 Å². The average Bonchev–Trinajstić information content (AvgIpc) is 3.17. The minimum absolute atomic E-state index is 0.0505. The Morgan fingerprint density at radius 3 is 2.29 bits per heavy atom. The molecule has 34 heavy (non-hydrogen) atoms. The zero-order valence-electron chi connectivity index (χ0n) is 20.0. The van der Waals surface area contributed by atoms with Crippen LogP contribution in [0.4, 0.5) is 19.3 Å². The van der Waals surface area contributed by atoms with Crippen LogP contribution in [0.25, 0.3) is 0 Å². The van der Waals surface area contributed by atoms with Gasteiger partial charge in [-0.3, -0.25) is 4.90 Å². The third kappa shape index (κ3) is 4.76. The summed E-state index contributed by atoms with van der Waals surface area (Å²) < 4.78 is 28.4. The number of rotatable bonds is 4. The molecule has 0 spiro atoms. The number of halogens is 2. The van der Waals surface area contributed by atoms with Crippen molar-refractivity contribution in [3.8, 4) is 5.75 Å². The summed E-state index contributed by atoms with van der Waals surface area (Å²) in [4.78, 5) is 14.9. The lowest BCUT2D eigenvalue weighted by molar-refractivity contribution is 0.243. The number of carbonyl (C=O) groups excluding carboxylic acids is 1. The number of benzene rings is 3. The molecule has 0 bridgehead atoms. The molecule has 2 amide bonds. The van der Waals surface area contributed by atoms with E-state index >= 15 is 0 Å². The van der Waals surface area contributed by atoms with E-state index in [1.165, 1.54) is 17.0 Å². The Labute approximate surface area is 199 Å². The molecule has 0 fully saturated rings.